The van der Waals surface area contributed by atoms with Crippen LogP contribution >= 0.6 is 0 Å². The average molecular weight is 504 g/mol. The predicted octanol–water partition coefficient (Wildman–Crippen LogP) is 3.96. The van der Waals surface area contributed by atoms with E-state index in [1.54, 1.807) is 17.3 Å². The van der Waals surface area contributed by atoms with Gasteiger partial charge >= 0.3 is 6.09 Å². The zero-order valence-electron chi connectivity index (χ0n) is 21.1. The Balaban J connectivity index is 1.29. The summed E-state index contributed by atoms with van der Waals surface area (Å²) in [6.07, 6.45) is 4.61. The van der Waals surface area contributed by atoms with Gasteiger partial charge in [-0.25, -0.2) is 23.5 Å². The average Bonchev–Trinajstić information content (AvgIpc) is 3.25. The zero-order chi connectivity index (χ0) is 25.8. The van der Waals surface area contributed by atoms with Crippen LogP contribution in [0.3, 0.4) is 0 Å². The van der Waals surface area contributed by atoms with Gasteiger partial charge in [-0.1, -0.05) is 13.8 Å². The number of amides is 1. The van der Waals surface area contributed by atoms with Gasteiger partial charge in [0.05, 0.1) is 25.1 Å². The van der Waals surface area contributed by atoms with Crippen LogP contribution in [0, 0.1) is 23.5 Å². The van der Waals surface area contributed by atoms with Gasteiger partial charge in [0.15, 0.2) is 5.75 Å². The molecule has 196 valence electrons. The number of carbonyl (C=O) groups is 1. The van der Waals surface area contributed by atoms with E-state index in [1.165, 1.54) is 6.07 Å². The third kappa shape index (κ3) is 6.21. The van der Waals surface area contributed by atoms with E-state index in [2.05, 4.69) is 9.97 Å². The molecule has 2 N–H and O–H groups in total. The first-order valence-corrected chi connectivity index (χ1v) is 12.6. The third-order valence-electron chi connectivity index (χ3n) is 6.94. The molecular weight excluding hydrogens is 468 g/mol. The number of hydrogen-bond acceptors (Lipinski definition) is 7. The second-order valence-electron chi connectivity index (χ2n) is 10.2. The van der Waals surface area contributed by atoms with Crippen LogP contribution in [-0.4, -0.2) is 65.9 Å². The van der Waals surface area contributed by atoms with Crippen LogP contribution in [0.4, 0.5) is 19.5 Å². The summed E-state index contributed by atoms with van der Waals surface area (Å²) in [4.78, 5) is 24.7. The highest BCUT2D eigenvalue weighted by Gasteiger charge is 2.34. The summed E-state index contributed by atoms with van der Waals surface area (Å²) >= 11 is 0. The molecule has 0 spiro atoms. The van der Waals surface area contributed by atoms with E-state index in [4.69, 9.17) is 15.2 Å². The van der Waals surface area contributed by atoms with Gasteiger partial charge in [-0.05, 0) is 55.4 Å². The van der Waals surface area contributed by atoms with Crippen molar-refractivity contribution >= 4 is 12.0 Å². The monoisotopic (exact) mass is 503 g/mol. The highest BCUT2D eigenvalue weighted by Crippen LogP contribution is 2.31. The molecule has 2 aliphatic rings. The Labute approximate surface area is 210 Å². The summed E-state index contributed by atoms with van der Waals surface area (Å²) in [5.74, 6) is 0.343. The van der Waals surface area contributed by atoms with Crippen LogP contribution in [0.25, 0.3) is 0 Å². The maximum absolute atomic E-state index is 14.3. The maximum Gasteiger partial charge on any atom is 0.409 e. The number of carbonyl (C=O) groups excluding carboxylic acids is 1. The van der Waals surface area contributed by atoms with Crippen molar-refractivity contribution in [2.75, 3.05) is 37.7 Å². The molecule has 2 aliphatic heterocycles. The largest absolute Gasteiger partial charge is 0.487 e. The molecule has 0 saturated carbocycles. The number of nitrogens with zero attached hydrogens (tertiary/aromatic N) is 4. The van der Waals surface area contributed by atoms with Crippen molar-refractivity contribution in [3.8, 4) is 5.75 Å². The fourth-order valence-corrected chi connectivity index (χ4v) is 4.85. The Morgan fingerprint density at radius 1 is 1.14 bits per heavy atom. The number of rotatable bonds is 7. The minimum absolute atomic E-state index is 0.0613. The van der Waals surface area contributed by atoms with Crippen molar-refractivity contribution < 1.29 is 23.0 Å². The molecule has 3 heterocycles. The molecule has 36 heavy (non-hydrogen) atoms. The maximum atomic E-state index is 14.3. The molecule has 8 nitrogen and oxygen atoms in total. The van der Waals surface area contributed by atoms with Gasteiger partial charge in [-0.2, -0.15) is 0 Å². The lowest BCUT2D eigenvalue weighted by Gasteiger charge is -2.34. The van der Waals surface area contributed by atoms with Crippen LogP contribution in [0.2, 0.25) is 0 Å². The molecule has 3 unspecified atom stereocenters. The van der Waals surface area contributed by atoms with Crippen molar-refractivity contribution in [3.05, 3.63) is 47.8 Å². The first kappa shape index (κ1) is 26.1. The first-order chi connectivity index (χ1) is 17.2. The highest BCUT2D eigenvalue weighted by atomic mass is 19.1. The normalized spacial score (nSPS) is 21.6. The number of aromatic nitrogens is 2. The summed E-state index contributed by atoms with van der Waals surface area (Å²) in [5.41, 5.74) is 6.53. The Hall–Kier alpha value is -3.01. The van der Waals surface area contributed by atoms with E-state index in [0.29, 0.717) is 56.3 Å². The molecule has 1 amide bonds. The van der Waals surface area contributed by atoms with Crippen LogP contribution in [0.1, 0.15) is 45.1 Å². The molecule has 3 atom stereocenters. The molecule has 2 saturated heterocycles. The fourth-order valence-electron chi connectivity index (χ4n) is 4.85. The molecule has 1 aromatic heterocycles. The van der Waals surface area contributed by atoms with E-state index < -0.39 is 11.6 Å². The highest BCUT2D eigenvalue weighted by molar-refractivity contribution is 5.67. The predicted molar refractivity (Wildman–Crippen MR) is 132 cm³/mol. The van der Waals surface area contributed by atoms with E-state index >= 15 is 0 Å². The molecule has 0 bridgehead atoms. The lowest BCUT2D eigenvalue weighted by atomic mass is 9.92. The molecule has 2 aromatic rings. The standard InChI is InChI=1S/C26H35F2N5O3/c1-16(2)15-35-26(34)32-8-6-18(7-9-32)17(3)36-20-11-30-25(31-12-20)33-13-22(24(29)14-33)21-10-19(27)4-5-23(21)28/h4-5,10-12,16-18,22,24H,6-9,13-15,29H2,1-3H3. The Morgan fingerprint density at radius 2 is 1.83 bits per heavy atom. The second kappa shape index (κ2) is 11.4. The summed E-state index contributed by atoms with van der Waals surface area (Å²) < 4.78 is 39.3. The van der Waals surface area contributed by atoms with Gasteiger partial charge in [-0.3, -0.25) is 0 Å². The molecule has 0 radical (unpaired) electrons. The van der Waals surface area contributed by atoms with Crippen LogP contribution in [0.15, 0.2) is 30.6 Å². The summed E-state index contributed by atoms with van der Waals surface area (Å²) in [6, 6.07) is 3.08. The smallest absolute Gasteiger partial charge is 0.409 e. The molecule has 0 aliphatic carbocycles. The Kier molecular flexibility index (Phi) is 8.23. The minimum atomic E-state index is -0.486. The number of nitrogens with two attached hydrogens (primary N) is 1. The van der Waals surface area contributed by atoms with Crippen molar-refractivity contribution in [3.63, 3.8) is 0 Å². The first-order valence-electron chi connectivity index (χ1n) is 12.6. The van der Waals surface area contributed by atoms with Crippen molar-refractivity contribution in [2.24, 2.45) is 17.6 Å². The Morgan fingerprint density at radius 3 is 2.50 bits per heavy atom. The number of piperidine rings is 1. The van der Waals surface area contributed by atoms with Gasteiger partial charge in [0, 0.05) is 38.1 Å². The molecular formula is C26H35F2N5O3. The van der Waals surface area contributed by atoms with Crippen LogP contribution < -0.4 is 15.4 Å². The lowest BCUT2D eigenvalue weighted by molar-refractivity contribution is 0.0586. The van der Waals surface area contributed by atoms with E-state index in [1.807, 2.05) is 25.7 Å². The van der Waals surface area contributed by atoms with E-state index in [0.717, 1.165) is 25.0 Å². The number of ether oxygens (including phenoxy) is 2. The fraction of sp³-hybridized carbons (Fsp3) is 0.577. The number of hydrogen-bond donors (Lipinski definition) is 1. The lowest BCUT2D eigenvalue weighted by Crippen LogP contribution is -2.42. The molecule has 2 fully saturated rings. The topological polar surface area (TPSA) is 93.8 Å². The van der Waals surface area contributed by atoms with Gasteiger partial charge in [-0.15, -0.1) is 0 Å². The quantitative estimate of drug-likeness (QED) is 0.611. The second-order valence-corrected chi connectivity index (χ2v) is 10.2. The van der Waals surface area contributed by atoms with Crippen molar-refractivity contribution in [1.82, 2.24) is 14.9 Å². The van der Waals surface area contributed by atoms with E-state index in [9.17, 15) is 13.6 Å². The molecule has 1 aromatic carbocycles. The zero-order valence-corrected chi connectivity index (χ0v) is 21.1. The summed E-state index contributed by atoms with van der Waals surface area (Å²) in [7, 11) is 0. The van der Waals surface area contributed by atoms with Gasteiger partial charge in [0.25, 0.3) is 0 Å². The summed E-state index contributed by atoms with van der Waals surface area (Å²) in [5, 5.41) is 0. The Bertz CT molecular complexity index is 1030. The van der Waals surface area contributed by atoms with Gasteiger partial charge < -0.3 is 25.0 Å². The number of halogens is 2. The minimum Gasteiger partial charge on any atom is -0.487 e. The molecule has 10 heteroatoms. The van der Waals surface area contributed by atoms with Crippen LogP contribution in [-0.2, 0) is 4.74 Å². The van der Waals surface area contributed by atoms with Gasteiger partial charge in [0.1, 0.15) is 11.6 Å². The van der Waals surface area contributed by atoms with Gasteiger partial charge in [0.2, 0.25) is 5.95 Å². The SMILES string of the molecule is CC(C)COC(=O)N1CCC(C(C)Oc2cnc(N3CC(N)C(c4cc(F)ccc4F)C3)nc2)CC1. The molecule has 4 rings (SSSR count). The number of benzene rings is 1. The van der Waals surface area contributed by atoms with Crippen LogP contribution in [0.5, 0.6) is 5.75 Å². The van der Waals surface area contributed by atoms with Crippen molar-refractivity contribution in [2.45, 2.75) is 51.7 Å². The van der Waals surface area contributed by atoms with E-state index in [-0.39, 0.29) is 29.7 Å². The third-order valence-corrected chi connectivity index (χ3v) is 6.94. The number of anilines is 1. The van der Waals surface area contributed by atoms with Crippen molar-refractivity contribution in [1.29, 1.82) is 0 Å². The number of likely N-dealkylation sites (tertiary alicyclic amines) is 1. The summed E-state index contributed by atoms with van der Waals surface area (Å²) in [6.45, 7) is 8.61.